The fraction of sp³-hybridized carbons (Fsp3) is 0.500. The first kappa shape index (κ1) is 11.3. The molecule has 1 aromatic heterocycles. The van der Waals surface area contributed by atoms with Crippen molar-refractivity contribution < 1.29 is 4.79 Å². The highest BCUT2D eigenvalue weighted by molar-refractivity contribution is 9.10. The van der Waals surface area contributed by atoms with Crippen LogP contribution in [-0.2, 0) is 0 Å². The third kappa shape index (κ3) is 2.38. The van der Waals surface area contributed by atoms with Gasteiger partial charge in [0.05, 0.1) is 0 Å². The van der Waals surface area contributed by atoms with Gasteiger partial charge in [0.25, 0.3) is 5.91 Å². The van der Waals surface area contributed by atoms with E-state index in [0.717, 1.165) is 4.47 Å². The number of carbonyl (C=O) groups excluding carboxylic acids is 1. The standard InChI is InChI=1S/C10H15BrN2O/c1-10(2,3)13(4)9(14)8-5-7(11)6-12-8/h5-6,12H,1-4H3. The summed E-state index contributed by atoms with van der Waals surface area (Å²) in [6.45, 7) is 6.01. The van der Waals surface area contributed by atoms with Gasteiger partial charge in [0.2, 0.25) is 0 Å². The van der Waals surface area contributed by atoms with Gasteiger partial charge in [-0.25, -0.2) is 0 Å². The molecule has 1 N–H and O–H groups in total. The minimum atomic E-state index is -0.158. The first-order valence-electron chi connectivity index (χ1n) is 4.44. The Morgan fingerprint density at radius 2 is 2.07 bits per heavy atom. The molecule has 1 heterocycles. The van der Waals surface area contributed by atoms with Crippen LogP contribution in [0.1, 0.15) is 31.3 Å². The number of halogens is 1. The summed E-state index contributed by atoms with van der Waals surface area (Å²) in [4.78, 5) is 16.5. The van der Waals surface area contributed by atoms with Crippen LogP contribution in [0, 0.1) is 0 Å². The largest absolute Gasteiger partial charge is 0.356 e. The van der Waals surface area contributed by atoms with E-state index in [4.69, 9.17) is 0 Å². The first-order chi connectivity index (χ1) is 6.32. The second kappa shape index (κ2) is 3.77. The molecule has 1 rings (SSSR count). The van der Waals surface area contributed by atoms with Crippen molar-refractivity contribution in [3.8, 4) is 0 Å². The number of amides is 1. The van der Waals surface area contributed by atoms with Crippen LogP contribution in [-0.4, -0.2) is 28.4 Å². The summed E-state index contributed by atoms with van der Waals surface area (Å²) in [5.41, 5.74) is 0.448. The Kier molecular flexibility index (Phi) is 3.04. The lowest BCUT2D eigenvalue weighted by Gasteiger charge is -2.31. The number of rotatable bonds is 1. The third-order valence-electron chi connectivity index (χ3n) is 2.19. The molecule has 0 bridgehead atoms. The highest BCUT2D eigenvalue weighted by Gasteiger charge is 2.23. The number of hydrogen-bond acceptors (Lipinski definition) is 1. The average Bonchev–Trinajstić information content (AvgIpc) is 2.47. The summed E-state index contributed by atoms with van der Waals surface area (Å²) in [5, 5.41) is 0. The number of aromatic amines is 1. The predicted octanol–water partition coefficient (Wildman–Crippen LogP) is 2.65. The highest BCUT2D eigenvalue weighted by atomic mass is 79.9. The molecule has 0 atom stereocenters. The second-order valence-electron chi connectivity index (χ2n) is 4.27. The van der Waals surface area contributed by atoms with Gasteiger partial charge in [0.15, 0.2) is 0 Å². The van der Waals surface area contributed by atoms with Crippen LogP contribution in [0.4, 0.5) is 0 Å². The normalized spacial score (nSPS) is 11.5. The lowest BCUT2D eigenvalue weighted by Crippen LogP contribution is -2.42. The fourth-order valence-electron chi connectivity index (χ4n) is 0.977. The van der Waals surface area contributed by atoms with Gasteiger partial charge in [-0.3, -0.25) is 4.79 Å². The minimum absolute atomic E-state index is 0.00296. The molecule has 0 fully saturated rings. The highest BCUT2D eigenvalue weighted by Crippen LogP contribution is 2.16. The van der Waals surface area contributed by atoms with E-state index in [9.17, 15) is 4.79 Å². The Labute approximate surface area is 92.6 Å². The smallest absolute Gasteiger partial charge is 0.270 e. The molecule has 0 aliphatic rings. The van der Waals surface area contributed by atoms with Gasteiger partial charge < -0.3 is 9.88 Å². The van der Waals surface area contributed by atoms with E-state index in [1.165, 1.54) is 0 Å². The number of hydrogen-bond donors (Lipinski definition) is 1. The van der Waals surface area contributed by atoms with Crippen molar-refractivity contribution in [3.05, 3.63) is 22.4 Å². The third-order valence-corrected chi connectivity index (χ3v) is 2.65. The van der Waals surface area contributed by atoms with Crippen LogP contribution < -0.4 is 0 Å². The van der Waals surface area contributed by atoms with Crippen LogP contribution in [0.2, 0.25) is 0 Å². The van der Waals surface area contributed by atoms with Gasteiger partial charge in [0, 0.05) is 23.3 Å². The van der Waals surface area contributed by atoms with Crippen molar-refractivity contribution in [3.63, 3.8) is 0 Å². The molecule has 1 amide bonds. The van der Waals surface area contributed by atoms with E-state index in [2.05, 4.69) is 20.9 Å². The molecule has 0 aromatic carbocycles. The number of carbonyl (C=O) groups is 1. The number of H-pyrrole nitrogens is 1. The van der Waals surface area contributed by atoms with Crippen molar-refractivity contribution >= 4 is 21.8 Å². The van der Waals surface area contributed by atoms with Gasteiger partial charge in [0.1, 0.15) is 5.69 Å². The van der Waals surface area contributed by atoms with Crippen LogP contribution in [0.25, 0.3) is 0 Å². The summed E-state index contributed by atoms with van der Waals surface area (Å²) in [6, 6.07) is 1.78. The Bertz CT molecular complexity index is 338. The minimum Gasteiger partial charge on any atom is -0.356 e. The molecular weight excluding hydrogens is 244 g/mol. The lowest BCUT2D eigenvalue weighted by molar-refractivity contribution is 0.0650. The molecule has 14 heavy (non-hydrogen) atoms. The summed E-state index contributed by atoms with van der Waals surface area (Å²) < 4.78 is 0.892. The van der Waals surface area contributed by atoms with Crippen LogP contribution >= 0.6 is 15.9 Å². The maximum absolute atomic E-state index is 11.9. The van der Waals surface area contributed by atoms with Crippen molar-refractivity contribution in [1.82, 2.24) is 9.88 Å². The molecule has 78 valence electrons. The second-order valence-corrected chi connectivity index (χ2v) is 5.18. The van der Waals surface area contributed by atoms with Gasteiger partial charge in [-0.2, -0.15) is 0 Å². The summed E-state index contributed by atoms with van der Waals surface area (Å²) in [7, 11) is 1.80. The van der Waals surface area contributed by atoms with E-state index < -0.39 is 0 Å². The van der Waals surface area contributed by atoms with Crippen molar-refractivity contribution in [2.24, 2.45) is 0 Å². The number of nitrogens with one attached hydrogen (secondary N) is 1. The molecule has 0 aliphatic heterocycles. The van der Waals surface area contributed by atoms with E-state index in [-0.39, 0.29) is 11.4 Å². The van der Waals surface area contributed by atoms with Crippen molar-refractivity contribution in [2.45, 2.75) is 26.3 Å². The van der Waals surface area contributed by atoms with Crippen molar-refractivity contribution in [1.29, 1.82) is 0 Å². The zero-order valence-electron chi connectivity index (χ0n) is 8.89. The SMILES string of the molecule is CN(C(=O)c1cc(Br)c[nH]1)C(C)(C)C. The Morgan fingerprint density at radius 3 is 2.43 bits per heavy atom. The maximum atomic E-state index is 11.9. The predicted molar refractivity (Wildman–Crippen MR) is 60.3 cm³/mol. The van der Waals surface area contributed by atoms with Gasteiger partial charge in [-0.1, -0.05) is 0 Å². The topological polar surface area (TPSA) is 36.1 Å². The molecule has 0 spiro atoms. The number of aromatic nitrogens is 1. The molecule has 0 aliphatic carbocycles. The van der Waals surface area contributed by atoms with Gasteiger partial charge >= 0.3 is 0 Å². The first-order valence-corrected chi connectivity index (χ1v) is 5.24. The molecule has 0 radical (unpaired) electrons. The molecule has 3 nitrogen and oxygen atoms in total. The van der Waals surface area contributed by atoms with E-state index in [1.807, 2.05) is 20.8 Å². The molecule has 0 unspecified atom stereocenters. The van der Waals surface area contributed by atoms with E-state index >= 15 is 0 Å². The van der Waals surface area contributed by atoms with Crippen LogP contribution in [0.3, 0.4) is 0 Å². The Hall–Kier alpha value is -0.770. The molecular formula is C10H15BrN2O. The van der Waals surface area contributed by atoms with Crippen molar-refractivity contribution in [2.75, 3.05) is 7.05 Å². The summed E-state index contributed by atoms with van der Waals surface area (Å²) >= 11 is 3.30. The lowest BCUT2D eigenvalue weighted by atomic mass is 10.1. The number of nitrogens with zero attached hydrogens (tertiary/aromatic N) is 1. The average molecular weight is 259 g/mol. The zero-order valence-corrected chi connectivity index (χ0v) is 10.5. The van der Waals surface area contributed by atoms with E-state index in [0.29, 0.717) is 5.69 Å². The van der Waals surface area contributed by atoms with Gasteiger partial charge in [-0.05, 0) is 42.8 Å². The zero-order chi connectivity index (χ0) is 10.9. The quantitative estimate of drug-likeness (QED) is 0.826. The molecule has 4 heteroatoms. The van der Waals surface area contributed by atoms with Crippen LogP contribution in [0.15, 0.2) is 16.7 Å². The fourth-order valence-corrected chi connectivity index (χ4v) is 1.32. The van der Waals surface area contributed by atoms with Crippen LogP contribution in [0.5, 0.6) is 0 Å². The molecule has 0 saturated carbocycles. The molecule has 0 saturated heterocycles. The van der Waals surface area contributed by atoms with Gasteiger partial charge in [-0.15, -0.1) is 0 Å². The molecule has 1 aromatic rings. The van der Waals surface area contributed by atoms with E-state index in [1.54, 1.807) is 24.2 Å². The Balaban J connectivity index is 2.86. The maximum Gasteiger partial charge on any atom is 0.270 e. The summed E-state index contributed by atoms with van der Waals surface area (Å²) in [5.74, 6) is 0.00296. The Morgan fingerprint density at radius 1 is 1.50 bits per heavy atom. The monoisotopic (exact) mass is 258 g/mol. The summed E-state index contributed by atoms with van der Waals surface area (Å²) in [6.07, 6.45) is 1.75.